The van der Waals surface area contributed by atoms with Crippen molar-refractivity contribution < 1.29 is 14.5 Å². The van der Waals surface area contributed by atoms with E-state index in [4.69, 9.17) is 16.3 Å². The molecule has 0 aliphatic heterocycles. The number of rotatable bonds is 4. The number of aromatic nitrogens is 1. The average Bonchev–Trinajstić information content (AvgIpc) is 2.48. The van der Waals surface area contributed by atoms with E-state index in [1.165, 1.54) is 25.4 Å². The number of benzene rings is 1. The van der Waals surface area contributed by atoms with Gasteiger partial charge in [-0.15, -0.1) is 0 Å². The van der Waals surface area contributed by atoms with E-state index in [0.29, 0.717) is 11.6 Å². The summed E-state index contributed by atoms with van der Waals surface area (Å²) < 4.78 is 4.90. The van der Waals surface area contributed by atoms with Crippen molar-refractivity contribution in [2.75, 3.05) is 12.4 Å². The van der Waals surface area contributed by atoms with E-state index in [9.17, 15) is 14.9 Å². The highest BCUT2D eigenvalue weighted by atomic mass is 35.5. The van der Waals surface area contributed by atoms with Crippen LogP contribution in [0.25, 0.3) is 0 Å². The van der Waals surface area contributed by atoms with Gasteiger partial charge in [0.25, 0.3) is 11.6 Å². The Hall–Kier alpha value is -2.67. The number of methoxy groups -OCH3 is 1. The molecular weight excluding hydrogens is 298 g/mol. The second kappa shape index (κ2) is 6.19. The van der Waals surface area contributed by atoms with E-state index in [-0.39, 0.29) is 16.3 Å². The van der Waals surface area contributed by atoms with Gasteiger partial charge in [0.1, 0.15) is 0 Å². The lowest BCUT2D eigenvalue weighted by Crippen LogP contribution is -2.13. The van der Waals surface area contributed by atoms with E-state index in [0.717, 1.165) is 6.07 Å². The number of hydrogen-bond acceptors (Lipinski definition) is 5. The Morgan fingerprint density at radius 3 is 2.71 bits per heavy atom. The second-order valence-electron chi connectivity index (χ2n) is 3.96. The number of pyridine rings is 1. The fourth-order valence-electron chi connectivity index (χ4n) is 1.57. The first-order chi connectivity index (χ1) is 10.0. The standard InChI is InChI=1S/C13H10ClN3O4/c1-21-12-5-2-8(7-15-12)16-13(18)10-6-9(17(19)20)3-4-11(10)14/h2-7H,1H3,(H,16,18). The number of nitro benzene ring substituents is 1. The predicted octanol–water partition coefficient (Wildman–Crippen LogP) is 2.90. The van der Waals surface area contributed by atoms with Gasteiger partial charge in [0.15, 0.2) is 0 Å². The summed E-state index contributed by atoms with van der Waals surface area (Å²) in [6.07, 6.45) is 1.40. The highest BCUT2D eigenvalue weighted by molar-refractivity contribution is 6.34. The maximum Gasteiger partial charge on any atom is 0.270 e. The first-order valence-corrected chi connectivity index (χ1v) is 6.14. The van der Waals surface area contributed by atoms with Gasteiger partial charge < -0.3 is 10.1 Å². The topological polar surface area (TPSA) is 94.4 Å². The molecule has 1 aromatic carbocycles. The molecule has 1 heterocycles. The Morgan fingerprint density at radius 2 is 2.14 bits per heavy atom. The van der Waals surface area contributed by atoms with Crippen molar-refractivity contribution in [3.8, 4) is 5.88 Å². The quantitative estimate of drug-likeness (QED) is 0.692. The first-order valence-electron chi connectivity index (χ1n) is 5.76. The van der Waals surface area contributed by atoms with Crippen LogP contribution < -0.4 is 10.1 Å². The summed E-state index contributed by atoms with van der Waals surface area (Å²) in [6, 6.07) is 6.82. The van der Waals surface area contributed by atoms with Gasteiger partial charge in [-0.05, 0) is 12.1 Å². The zero-order valence-electron chi connectivity index (χ0n) is 10.9. The van der Waals surface area contributed by atoms with E-state index < -0.39 is 10.8 Å². The normalized spacial score (nSPS) is 10.0. The molecule has 0 bridgehead atoms. The summed E-state index contributed by atoms with van der Waals surface area (Å²) in [6.45, 7) is 0. The van der Waals surface area contributed by atoms with Gasteiger partial charge >= 0.3 is 0 Å². The lowest BCUT2D eigenvalue weighted by molar-refractivity contribution is -0.384. The zero-order valence-corrected chi connectivity index (χ0v) is 11.6. The number of carbonyl (C=O) groups is 1. The van der Waals surface area contributed by atoms with Crippen LogP contribution >= 0.6 is 11.6 Å². The number of hydrogen-bond donors (Lipinski definition) is 1. The third-order valence-electron chi connectivity index (χ3n) is 2.61. The highest BCUT2D eigenvalue weighted by Gasteiger charge is 2.16. The maximum atomic E-state index is 12.1. The van der Waals surface area contributed by atoms with Crippen molar-refractivity contribution in [3.05, 3.63) is 57.2 Å². The molecule has 0 unspecified atom stereocenters. The SMILES string of the molecule is COc1ccc(NC(=O)c2cc([N+](=O)[O-])ccc2Cl)cn1. The molecule has 0 radical (unpaired) electrons. The van der Waals surface area contributed by atoms with Crippen molar-refractivity contribution in [1.82, 2.24) is 4.98 Å². The Morgan fingerprint density at radius 1 is 1.38 bits per heavy atom. The van der Waals surface area contributed by atoms with Gasteiger partial charge in [-0.25, -0.2) is 4.98 Å². The Labute approximate surface area is 124 Å². The van der Waals surface area contributed by atoms with Crippen LogP contribution in [-0.4, -0.2) is 22.9 Å². The fourth-order valence-corrected chi connectivity index (χ4v) is 1.78. The smallest absolute Gasteiger partial charge is 0.270 e. The average molecular weight is 308 g/mol. The fraction of sp³-hybridized carbons (Fsp3) is 0.0769. The van der Waals surface area contributed by atoms with Crippen LogP contribution in [-0.2, 0) is 0 Å². The number of nitrogens with one attached hydrogen (secondary N) is 1. The monoisotopic (exact) mass is 307 g/mol. The van der Waals surface area contributed by atoms with Crippen LogP contribution in [0.3, 0.4) is 0 Å². The molecule has 7 nitrogen and oxygen atoms in total. The van der Waals surface area contributed by atoms with E-state index in [1.54, 1.807) is 12.1 Å². The maximum absolute atomic E-state index is 12.1. The number of nitrogens with zero attached hydrogens (tertiary/aromatic N) is 2. The molecule has 0 atom stereocenters. The molecule has 0 fully saturated rings. The van der Waals surface area contributed by atoms with E-state index in [2.05, 4.69) is 10.3 Å². The summed E-state index contributed by atoms with van der Waals surface area (Å²) in [4.78, 5) is 26.1. The summed E-state index contributed by atoms with van der Waals surface area (Å²) in [5.41, 5.74) is 0.225. The van der Waals surface area contributed by atoms with E-state index in [1.807, 2.05) is 0 Å². The molecule has 1 N–H and O–H groups in total. The van der Waals surface area contributed by atoms with Crippen LogP contribution in [0, 0.1) is 10.1 Å². The number of amides is 1. The molecule has 21 heavy (non-hydrogen) atoms. The summed E-state index contributed by atoms with van der Waals surface area (Å²) >= 11 is 5.89. The molecule has 8 heteroatoms. The number of non-ortho nitro benzene ring substituents is 1. The number of nitro groups is 1. The Balaban J connectivity index is 2.23. The van der Waals surface area contributed by atoms with Crippen LogP contribution in [0.5, 0.6) is 5.88 Å². The van der Waals surface area contributed by atoms with Gasteiger partial charge in [0, 0.05) is 18.2 Å². The third-order valence-corrected chi connectivity index (χ3v) is 2.94. The van der Waals surface area contributed by atoms with Crippen LogP contribution in [0.2, 0.25) is 5.02 Å². The van der Waals surface area contributed by atoms with Crippen LogP contribution in [0.15, 0.2) is 36.5 Å². The minimum atomic E-state index is -0.595. The van der Waals surface area contributed by atoms with Crippen molar-refractivity contribution in [1.29, 1.82) is 0 Å². The second-order valence-corrected chi connectivity index (χ2v) is 4.37. The van der Waals surface area contributed by atoms with Crippen LogP contribution in [0.1, 0.15) is 10.4 Å². The molecule has 0 aliphatic carbocycles. The lowest BCUT2D eigenvalue weighted by Gasteiger charge is -2.07. The molecule has 1 aromatic heterocycles. The first kappa shape index (κ1) is 14.7. The number of carbonyl (C=O) groups excluding carboxylic acids is 1. The summed E-state index contributed by atoms with van der Waals surface area (Å²) in [5, 5.41) is 13.4. The summed E-state index contributed by atoms with van der Waals surface area (Å²) in [5.74, 6) is -0.156. The zero-order chi connectivity index (χ0) is 15.4. The lowest BCUT2D eigenvalue weighted by atomic mass is 10.2. The van der Waals surface area contributed by atoms with Crippen LogP contribution in [0.4, 0.5) is 11.4 Å². The van der Waals surface area contributed by atoms with Gasteiger partial charge in [0.2, 0.25) is 5.88 Å². The molecule has 0 saturated heterocycles. The Kier molecular flexibility index (Phi) is 4.34. The molecule has 1 amide bonds. The molecule has 0 saturated carbocycles. The molecular formula is C13H10ClN3O4. The number of halogens is 1. The highest BCUT2D eigenvalue weighted by Crippen LogP contribution is 2.23. The number of ether oxygens (including phenoxy) is 1. The van der Waals surface area contributed by atoms with Crippen molar-refractivity contribution in [3.63, 3.8) is 0 Å². The summed E-state index contributed by atoms with van der Waals surface area (Å²) in [7, 11) is 1.48. The van der Waals surface area contributed by atoms with Crippen molar-refractivity contribution >= 4 is 28.9 Å². The molecule has 0 spiro atoms. The predicted molar refractivity (Wildman–Crippen MR) is 76.8 cm³/mol. The molecule has 108 valence electrons. The van der Waals surface area contributed by atoms with Crippen molar-refractivity contribution in [2.24, 2.45) is 0 Å². The van der Waals surface area contributed by atoms with E-state index >= 15 is 0 Å². The van der Waals surface area contributed by atoms with Gasteiger partial charge in [-0.1, -0.05) is 11.6 Å². The molecule has 2 aromatic rings. The van der Waals surface area contributed by atoms with Gasteiger partial charge in [-0.2, -0.15) is 0 Å². The van der Waals surface area contributed by atoms with Gasteiger partial charge in [-0.3, -0.25) is 14.9 Å². The minimum absolute atomic E-state index is 0.0154. The number of anilines is 1. The minimum Gasteiger partial charge on any atom is -0.481 e. The molecule has 2 rings (SSSR count). The molecule has 0 aliphatic rings. The van der Waals surface area contributed by atoms with Gasteiger partial charge in [0.05, 0.1) is 34.5 Å². The van der Waals surface area contributed by atoms with Crippen molar-refractivity contribution in [2.45, 2.75) is 0 Å². The Bertz CT molecular complexity index is 688. The third kappa shape index (κ3) is 3.46. The largest absolute Gasteiger partial charge is 0.481 e.